The summed E-state index contributed by atoms with van der Waals surface area (Å²) in [5.74, 6) is -0.115. The van der Waals surface area contributed by atoms with E-state index in [4.69, 9.17) is 4.42 Å². The fraction of sp³-hybridized carbons (Fsp3) is 0.615. The van der Waals surface area contributed by atoms with Crippen molar-refractivity contribution < 1.29 is 17.6 Å². The summed E-state index contributed by atoms with van der Waals surface area (Å²) in [5.41, 5.74) is 0. The molecule has 0 aliphatic carbocycles. The minimum atomic E-state index is -3.60. The van der Waals surface area contributed by atoms with Gasteiger partial charge in [0.05, 0.1) is 0 Å². The zero-order valence-corrected chi connectivity index (χ0v) is 14.5. The van der Waals surface area contributed by atoms with Gasteiger partial charge in [-0.3, -0.25) is 4.79 Å². The molecule has 0 aromatic carbocycles. The maximum atomic E-state index is 12.1. The standard InChI is InChI=1S/C13H21N3O4S.ClH/c1-9-12(21(18,19)16(2)3)8-11(20-9)13(17)15-10-4-6-14-7-5-10;/h8,10,14H,4-7H2,1-3H3,(H,15,17);1H. The molecule has 2 rings (SSSR count). The molecule has 2 heterocycles. The first-order chi connectivity index (χ1) is 9.82. The van der Waals surface area contributed by atoms with Gasteiger partial charge in [0, 0.05) is 26.2 Å². The van der Waals surface area contributed by atoms with Crippen LogP contribution in [-0.4, -0.2) is 51.9 Å². The average molecular weight is 352 g/mol. The molecule has 1 aromatic rings. The quantitative estimate of drug-likeness (QED) is 0.834. The predicted octanol–water partition coefficient (Wildman–Crippen LogP) is 0.742. The van der Waals surface area contributed by atoms with Crippen molar-refractivity contribution in [2.75, 3.05) is 27.2 Å². The van der Waals surface area contributed by atoms with Crippen molar-refractivity contribution in [2.24, 2.45) is 0 Å². The largest absolute Gasteiger partial charge is 0.455 e. The summed E-state index contributed by atoms with van der Waals surface area (Å²) in [7, 11) is -0.722. The Morgan fingerprint density at radius 1 is 1.36 bits per heavy atom. The van der Waals surface area contributed by atoms with Crippen LogP contribution in [0.3, 0.4) is 0 Å². The first-order valence-corrected chi connectivity index (χ1v) is 8.31. The van der Waals surface area contributed by atoms with Crippen LogP contribution in [0, 0.1) is 6.92 Å². The number of piperidine rings is 1. The van der Waals surface area contributed by atoms with Crippen LogP contribution in [-0.2, 0) is 10.0 Å². The Morgan fingerprint density at radius 3 is 2.50 bits per heavy atom. The Hall–Kier alpha value is -1.09. The number of amides is 1. The summed E-state index contributed by atoms with van der Waals surface area (Å²) in [6.45, 7) is 3.27. The highest BCUT2D eigenvalue weighted by Crippen LogP contribution is 2.22. The monoisotopic (exact) mass is 351 g/mol. The Kier molecular flexibility index (Phi) is 6.42. The van der Waals surface area contributed by atoms with Gasteiger partial charge in [0.1, 0.15) is 10.7 Å². The highest BCUT2D eigenvalue weighted by atomic mass is 35.5. The molecule has 1 aromatic heterocycles. The van der Waals surface area contributed by atoms with E-state index in [2.05, 4.69) is 10.6 Å². The van der Waals surface area contributed by atoms with Crippen molar-refractivity contribution in [1.82, 2.24) is 14.9 Å². The molecule has 0 atom stereocenters. The van der Waals surface area contributed by atoms with E-state index in [9.17, 15) is 13.2 Å². The Labute approximate surface area is 136 Å². The van der Waals surface area contributed by atoms with Gasteiger partial charge in [-0.15, -0.1) is 12.4 Å². The van der Waals surface area contributed by atoms with Crippen molar-refractivity contribution in [3.05, 3.63) is 17.6 Å². The fourth-order valence-corrected chi connectivity index (χ4v) is 3.31. The molecule has 0 saturated carbocycles. The number of hydrogen-bond donors (Lipinski definition) is 2. The second-order valence-corrected chi connectivity index (χ2v) is 7.44. The summed E-state index contributed by atoms with van der Waals surface area (Å²) >= 11 is 0. The number of furan rings is 1. The van der Waals surface area contributed by atoms with Crippen molar-refractivity contribution in [2.45, 2.75) is 30.7 Å². The van der Waals surface area contributed by atoms with Crippen LogP contribution in [0.25, 0.3) is 0 Å². The van der Waals surface area contributed by atoms with Crippen LogP contribution >= 0.6 is 12.4 Å². The van der Waals surface area contributed by atoms with E-state index in [1.54, 1.807) is 0 Å². The summed E-state index contributed by atoms with van der Waals surface area (Å²) in [5, 5.41) is 6.09. The molecule has 0 unspecified atom stereocenters. The third kappa shape index (κ3) is 4.01. The topological polar surface area (TPSA) is 91.6 Å². The predicted molar refractivity (Wildman–Crippen MR) is 84.9 cm³/mol. The van der Waals surface area contributed by atoms with Crippen LogP contribution in [0.15, 0.2) is 15.4 Å². The number of rotatable bonds is 4. The Balaban J connectivity index is 0.00000242. The van der Waals surface area contributed by atoms with Gasteiger partial charge < -0.3 is 15.1 Å². The lowest BCUT2D eigenvalue weighted by Gasteiger charge is -2.23. The summed E-state index contributed by atoms with van der Waals surface area (Å²) in [6.07, 6.45) is 1.71. The second-order valence-electron chi connectivity index (χ2n) is 5.32. The zero-order valence-electron chi connectivity index (χ0n) is 12.9. The molecule has 9 heteroatoms. The summed E-state index contributed by atoms with van der Waals surface area (Å²) < 4.78 is 30.6. The minimum absolute atomic E-state index is 0. The highest BCUT2D eigenvalue weighted by Gasteiger charge is 2.26. The van der Waals surface area contributed by atoms with Gasteiger partial charge in [0.2, 0.25) is 10.0 Å². The van der Waals surface area contributed by atoms with Gasteiger partial charge >= 0.3 is 0 Å². The van der Waals surface area contributed by atoms with Crippen LogP contribution in [0.5, 0.6) is 0 Å². The normalized spacial score (nSPS) is 16.4. The van der Waals surface area contributed by atoms with E-state index < -0.39 is 10.0 Å². The van der Waals surface area contributed by atoms with Gasteiger partial charge in [-0.1, -0.05) is 0 Å². The molecule has 126 valence electrons. The van der Waals surface area contributed by atoms with Gasteiger partial charge in [-0.25, -0.2) is 12.7 Å². The maximum absolute atomic E-state index is 12.1. The van der Waals surface area contributed by atoms with Gasteiger partial charge in [0.25, 0.3) is 5.91 Å². The SMILES string of the molecule is Cc1oc(C(=O)NC2CCNCC2)cc1S(=O)(=O)N(C)C.Cl. The Bertz CT molecular complexity index is 621. The van der Waals surface area contributed by atoms with E-state index in [1.807, 2.05) is 0 Å². The van der Waals surface area contributed by atoms with Crippen LogP contribution in [0.1, 0.15) is 29.2 Å². The minimum Gasteiger partial charge on any atom is -0.455 e. The Morgan fingerprint density at radius 2 is 1.95 bits per heavy atom. The summed E-state index contributed by atoms with van der Waals surface area (Å²) in [4.78, 5) is 12.2. The zero-order chi connectivity index (χ0) is 15.6. The van der Waals surface area contributed by atoms with Crippen molar-refractivity contribution in [3.8, 4) is 0 Å². The van der Waals surface area contributed by atoms with Crippen LogP contribution < -0.4 is 10.6 Å². The maximum Gasteiger partial charge on any atom is 0.287 e. The molecule has 1 saturated heterocycles. The van der Waals surface area contributed by atoms with Crippen LogP contribution in [0.2, 0.25) is 0 Å². The van der Waals surface area contributed by atoms with Gasteiger partial charge in [-0.2, -0.15) is 0 Å². The van der Waals surface area contributed by atoms with Crippen LogP contribution in [0.4, 0.5) is 0 Å². The molecular formula is C13H22ClN3O4S. The average Bonchev–Trinajstić information content (AvgIpc) is 2.82. The van der Waals surface area contributed by atoms with E-state index in [0.717, 1.165) is 30.2 Å². The van der Waals surface area contributed by atoms with E-state index in [0.29, 0.717) is 0 Å². The smallest absolute Gasteiger partial charge is 0.287 e. The molecule has 22 heavy (non-hydrogen) atoms. The van der Waals surface area contributed by atoms with E-state index in [1.165, 1.54) is 27.1 Å². The highest BCUT2D eigenvalue weighted by molar-refractivity contribution is 7.89. The first-order valence-electron chi connectivity index (χ1n) is 6.87. The van der Waals surface area contributed by atoms with Crippen molar-refractivity contribution in [1.29, 1.82) is 0 Å². The molecule has 0 spiro atoms. The second kappa shape index (κ2) is 7.45. The van der Waals surface area contributed by atoms with Crippen molar-refractivity contribution in [3.63, 3.8) is 0 Å². The third-order valence-corrected chi connectivity index (χ3v) is 5.45. The molecule has 0 bridgehead atoms. The van der Waals surface area contributed by atoms with Gasteiger partial charge in [-0.05, 0) is 32.9 Å². The number of hydrogen-bond acceptors (Lipinski definition) is 5. The fourth-order valence-electron chi connectivity index (χ4n) is 2.25. The molecular weight excluding hydrogens is 330 g/mol. The number of carbonyl (C=O) groups is 1. The molecule has 0 radical (unpaired) electrons. The number of nitrogens with one attached hydrogen (secondary N) is 2. The number of carbonyl (C=O) groups excluding carboxylic acids is 1. The number of nitrogens with zero attached hydrogens (tertiary/aromatic N) is 1. The van der Waals surface area contributed by atoms with Crippen molar-refractivity contribution >= 4 is 28.3 Å². The molecule has 7 nitrogen and oxygen atoms in total. The number of aryl methyl sites for hydroxylation is 1. The van der Waals surface area contributed by atoms with E-state index >= 15 is 0 Å². The van der Waals surface area contributed by atoms with E-state index in [-0.39, 0.29) is 40.8 Å². The number of sulfonamides is 1. The number of halogens is 1. The molecule has 2 N–H and O–H groups in total. The molecule has 1 fully saturated rings. The van der Waals surface area contributed by atoms with Gasteiger partial charge in [0.15, 0.2) is 5.76 Å². The molecule has 1 aliphatic heterocycles. The molecule has 1 amide bonds. The first kappa shape index (κ1) is 19.0. The lowest BCUT2D eigenvalue weighted by molar-refractivity contribution is 0.0900. The lowest BCUT2D eigenvalue weighted by atomic mass is 10.1. The molecule has 1 aliphatic rings. The lowest BCUT2D eigenvalue weighted by Crippen LogP contribution is -2.42. The summed E-state index contributed by atoms with van der Waals surface area (Å²) in [6, 6.07) is 1.39. The third-order valence-electron chi connectivity index (χ3n) is 3.53.